The van der Waals surface area contributed by atoms with Crippen molar-refractivity contribution in [1.29, 1.82) is 0 Å². The summed E-state index contributed by atoms with van der Waals surface area (Å²) >= 11 is 5.87. The van der Waals surface area contributed by atoms with Crippen molar-refractivity contribution in [1.82, 2.24) is 19.7 Å². The van der Waals surface area contributed by atoms with Crippen molar-refractivity contribution in [2.24, 2.45) is 0 Å². The van der Waals surface area contributed by atoms with Gasteiger partial charge in [-0.3, -0.25) is 9.67 Å². The fraction of sp³-hybridized carbons (Fsp3) is 0.0769. The second-order valence-electron chi connectivity index (χ2n) is 4.23. The molecule has 100 valence electrons. The summed E-state index contributed by atoms with van der Waals surface area (Å²) in [5.74, 6) is -0.979. The van der Waals surface area contributed by atoms with Gasteiger partial charge in [0.05, 0.1) is 22.8 Å². The molecule has 20 heavy (non-hydrogen) atoms. The van der Waals surface area contributed by atoms with E-state index in [1.165, 1.54) is 24.5 Å². The van der Waals surface area contributed by atoms with E-state index < -0.39 is 5.97 Å². The molecule has 0 unspecified atom stereocenters. The predicted octanol–water partition coefficient (Wildman–Crippen LogP) is 2.23. The van der Waals surface area contributed by atoms with Gasteiger partial charge in [0, 0.05) is 24.0 Å². The number of aromatic carboxylic acids is 1. The number of fused-ring (bicyclic) bond motifs is 1. The molecule has 0 atom stereocenters. The van der Waals surface area contributed by atoms with Crippen molar-refractivity contribution in [3.05, 3.63) is 53.1 Å². The Bertz CT molecular complexity index is 800. The van der Waals surface area contributed by atoms with Gasteiger partial charge in [-0.15, -0.1) is 0 Å². The minimum atomic E-state index is -0.979. The van der Waals surface area contributed by atoms with Crippen LogP contribution in [0.4, 0.5) is 0 Å². The summed E-state index contributed by atoms with van der Waals surface area (Å²) in [6.45, 7) is 0.370. The Balaban J connectivity index is 1.92. The Hall–Kier alpha value is -2.47. The average Bonchev–Trinajstić information content (AvgIpc) is 2.80. The normalized spacial score (nSPS) is 10.8. The van der Waals surface area contributed by atoms with E-state index in [9.17, 15) is 4.79 Å². The number of carboxylic acid groups (broad SMARTS) is 1. The number of nitrogens with zero attached hydrogens (tertiary/aromatic N) is 4. The highest BCUT2D eigenvalue weighted by Crippen LogP contribution is 2.15. The summed E-state index contributed by atoms with van der Waals surface area (Å²) in [6.07, 6.45) is 4.80. The standard InChI is InChI=1S/C13H9ClN4O2/c14-10-3-9-6-18(17-12(9)16-5-10)7-11-4-8(13(19)20)1-2-15-11/h1-6H,7H2,(H,19,20). The zero-order valence-corrected chi connectivity index (χ0v) is 10.9. The summed E-state index contributed by atoms with van der Waals surface area (Å²) in [4.78, 5) is 19.2. The number of aromatic nitrogens is 4. The average molecular weight is 289 g/mol. The first-order valence-electron chi connectivity index (χ1n) is 5.79. The fourth-order valence-corrected chi connectivity index (χ4v) is 2.05. The molecule has 0 saturated heterocycles. The van der Waals surface area contributed by atoms with Gasteiger partial charge in [0.25, 0.3) is 0 Å². The van der Waals surface area contributed by atoms with Gasteiger partial charge in [-0.1, -0.05) is 11.6 Å². The number of hydrogen-bond donors (Lipinski definition) is 1. The molecule has 0 radical (unpaired) electrons. The van der Waals surface area contributed by atoms with Crippen molar-refractivity contribution in [2.75, 3.05) is 0 Å². The molecule has 0 aromatic carbocycles. The Kier molecular flexibility index (Phi) is 3.08. The molecule has 0 bridgehead atoms. The van der Waals surface area contributed by atoms with Gasteiger partial charge in [0.1, 0.15) is 0 Å². The third-order valence-corrected chi connectivity index (χ3v) is 2.97. The Morgan fingerprint density at radius 3 is 3.00 bits per heavy atom. The zero-order chi connectivity index (χ0) is 14.1. The second kappa shape index (κ2) is 4.90. The maximum absolute atomic E-state index is 10.9. The number of hydrogen-bond acceptors (Lipinski definition) is 4. The largest absolute Gasteiger partial charge is 0.478 e. The van der Waals surface area contributed by atoms with Gasteiger partial charge in [-0.25, -0.2) is 9.78 Å². The van der Waals surface area contributed by atoms with E-state index in [1.54, 1.807) is 16.9 Å². The molecule has 0 aliphatic carbocycles. The van der Waals surface area contributed by atoms with Crippen molar-refractivity contribution in [2.45, 2.75) is 6.54 Å². The summed E-state index contributed by atoms with van der Waals surface area (Å²) < 4.78 is 1.65. The molecule has 3 heterocycles. The van der Waals surface area contributed by atoms with E-state index in [1.807, 2.05) is 0 Å². The molecule has 0 fully saturated rings. The first-order valence-corrected chi connectivity index (χ1v) is 6.16. The van der Waals surface area contributed by atoms with Gasteiger partial charge < -0.3 is 5.11 Å². The molecule has 3 rings (SSSR count). The van der Waals surface area contributed by atoms with Crippen LogP contribution in [-0.2, 0) is 6.54 Å². The van der Waals surface area contributed by atoms with Crippen LogP contribution in [0.5, 0.6) is 0 Å². The molecule has 0 spiro atoms. The fourth-order valence-electron chi connectivity index (χ4n) is 1.88. The number of carbonyl (C=O) groups is 1. The van der Waals surface area contributed by atoms with E-state index in [-0.39, 0.29) is 5.56 Å². The smallest absolute Gasteiger partial charge is 0.335 e. The maximum Gasteiger partial charge on any atom is 0.335 e. The molecule has 0 aliphatic heterocycles. The Morgan fingerprint density at radius 2 is 2.20 bits per heavy atom. The first-order chi connectivity index (χ1) is 9.61. The zero-order valence-electron chi connectivity index (χ0n) is 10.2. The van der Waals surface area contributed by atoms with E-state index in [4.69, 9.17) is 16.7 Å². The van der Waals surface area contributed by atoms with Crippen LogP contribution in [-0.4, -0.2) is 30.8 Å². The quantitative estimate of drug-likeness (QED) is 0.799. The highest BCUT2D eigenvalue weighted by Gasteiger charge is 2.07. The summed E-state index contributed by atoms with van der Waals surface area (Å²) in [6, 6.07) is 4.75. The lowest BCUT2D eigenvalue weighted by molar-refractivity contribution is 0.0696. The predicted molar refractivity (Wildman–Crippen MR) is 72.8 cm³/mol. The van der Waals surface area contributed by atoms with Crippen LogP contribution in [0, 0.1) is 0 Å². The minimum Gasteiger partial charge on any atom is -0.478 e. The van der Waals surface area contributed by atoms with Gasteiger partial charge in [0.15, 0.2) is 5.65 Å². The number of rotatable bonds is 3. The Labute approximate surface area is 118 Å². The third-order valence-electron chi connectivity index (χ3n) is 2.76. The second-order valence-corrected chi connectivity index (χ2v) is 4.67. The van der Waals surface area contributed by atoms with Gasteiger partial charge in [-0.05, 0) is 18.2 Å². The van der Waals surface area contributed by atoms with Gasteiger partial charge in [0.2, 0.25) is 0 Å². The molecule has 0 amide bonds. The number of carboxylic acids is 1. The lowest BCUT2D eigenvalue weighted by atomic mass is 10.2. The Morgan fingerprint density at radius 1 is 1.35 bits per heavy atom. The van der Waals surface area contributed by atoms with Gasteiger partial charge >= 0.3 is 5.97 Å². The van der Waals surface area contributed by atoms with Crippen LogP contribution in [0.25, 0.3) is 11.0 Å². The van der Waals surface area contributed by atoms with Crippen LogP contribution < -0.4 is 0 Å². The van der Waals surface area contributed by atoms with Crippen molar-refractivity contribution >= 4 is 28.6 Å². The summed E-state index contributed by atoms with van der Waals surface area (Å²) in [5, 5.41) is 14.6. The van der Waals surface area contributed by atoms with Crippen LogP contribution >= 0.6 is 11.6 Å². The molecule has 3 aromatic rings. The number of pyridine rings is 2. The monoisotopic (exact) mass is 288 g/mol. The lowest BCUT2D eigenvalue weighted by Crippen LogP contribution is -2.04. The number of halogens is 1. The maximum atomic E-state index is 10.9. The van der Waals surface area contributed by atoms with E-state index >= 15 is 0 Å². The third kappa shape index (κ3) is 2.46. The molecule has 6 nitrogen and oxygen atoms in total. The van der Waals surface area contributed by atoms with Gasteiger partial charge in [-0.2, -0.15) is 5.10 Å². The minimum absolute atomic E-state index is 0.202. The van der Waals surface area contributed by atoms with E-state index in [0.717, 1.165) is 5.39 Å². The SMILES string of the molecule is O=C(O)c1ccnc(Cn2cc3cc(Cl)cnc3n2)c1. The topological polar surface area (TPSA) is 80.9 Å². The molecule has 3 aromatic heterocycles. The van der Waals surface area contributed by atoms with Crippen LogP contribution in [0.15, 0.2) is 36.8 Å². The first kappa shape index (κ1) is 12.6. The summed E-state index contributed by atoms with van der Waals surface area (Å²) in [5.41, 5.74) is 1.40. The van der Waals surface area contributed by atoms with Crippen molar-refractivity contribution in [3.8, 4) is 0 Å². The summed E-state index contributed by atoms with van der Waals surface area (Å²) in [7, 11) is 0. The molecule has 1 N–H and O–H groups in total. The lowest BCUT2D eigenvalue weighted by Gasteiger charge is -2.01. The molecule has 7 heteroatoms. The molecule has 0 aliphatic rings. The van der Waals surface area contributed by atoms with Crippen molar-refractivity contribution < 1.29 is 9.90 Å². The highest BCUT2D eigenvalue weighted by molar-refractivity contribution is 6.31. The van der Waals surface area contributed by atoms with Crippen LogP contribution in [0.1, 0.15) is 16.1 Å². The van der Waals surface area contributed by atoms with Crippen molar-refractivity contribution in [3.63, 3.8) is 0 Å². The van der Waals surface area contributed by atoms with Crippen LogP contribution in [0.2, 0.25) is 5.02 Å². The molecule has 0 saturated carbocycles. The van der Waals surface area contributed by atoms with Crippen LogP contribution in [0.3, 0.4) is 0 Å². The molecular weight excluding hydrogens is 280 g/mol. The van der Waals surface area contributed by atoms with E-state index in [2.05, 4.69) is 15.1 Å². The van der Waals surface area contributed by atoms with E-state index in [0.29, 0.717) is 22.9 Å². The highest BCUT2D eigenvalue weighted by atomic mass is 35.5. The molecular formula is C13H9ClN4O2.